The van der Waals surface area contributed by atoms with Gasteiger partial charge in [0.1, 0.15) is 0 Å². The van der Waals surface area contributed by atoms with Crippen LogP contribution in [0, 0.1) is 11.3 Å². The van der Waals surface area contributed by atoms with Gasteiger partial charge in [0.15, 0.2) is 0 Å². The number of carbonyl (C=O) groups excluding carboxylic acids is 2. The zero-order valence-corrected chi connectivity index (χ0v) is 13.9. The molecule has 5 heteroatoms. The van der Waals surface area contributed by atoms with Crippen LogP contribution in [-0.4, -0.2) is 49.7 Å². The average Bonchev–Trinajstić information content (AvgIpc) is 2.21. The van der Waals surface area contributed by atoms with Crippen LogP contribution in [0.1, 0.15) is 59.3 Å². The number of hydrogen-bond donors (Lipinski definition) is 0. The van der Waals surface area contributed by atoms with Gasteiger partial charge in [0, 0.05) is 0 Å². The summed E-state index contributed by atoms with van der Waals surface area (Å²) < 4.78 is 0. The zero-order chi connectivity index (χ0) is 13.5. The minimum absolute atomic E-state index is 0. The molecule has 0 bridgehead atoms. The van der Waals surface area contributed by atoms with Crippen LogP contribution in [-0.2, 0) is 9.59 Å². The Kier molecular flexibility index (Phi) is 11.4. The molecule has 0 amide bonds. The van der Waals surface area contributed by atoms with E-state index in [9.17, 15) is 19.8 Å². The topological polar surface area (TPSA) is 80.3 Å². The van der Waals surface area contributed by atoms with Crippen molar-refractivity contribution < 1.29 is 19.8 Å². The molecule has 0 N–H and O–H groups in total. The minimum Gasteiger partial charge on any atom is -0.549 e. The van der Waals surface area contributed by atoms with Gasteiger partial charge in [-0.1, -0.05) is 52.9 Å². The first-order valence-corrected chi connectivity index (χ1v) is 6.32. The Hall–Kier alpha value is 0.200. The first-order valence-electron chi connectivity index (χ1n) is 6.32. The second kappa shape index (κ2) is 10.0. The maximum absolute atomic E-state index is 11.1. The van der Waals surface area contributed by atoms with Crippen molar-refractivity contribution in [3.05, 3.63) is 0 Å². The molecule has 0 fully saturated rings. The van der Waals surface area contributed by atoms with Gasteiger partial charge in [-0.25, -0.2) is 0 Å². The number of carboxylic acid groups (broad SMARTS) is 2. The zero-order valence-electron chi connectivity index (χ0n) is 11.7. The van der Waals surface area contributed by atoms with E-state index in [0.29, 0.717) is 6.42 Å². The van der Waals surface area contributed by atoms with Crippen LogP contribution in [0.4, 0.5) is 0 Å². The van der Waals surface area contributed by atoms with Crippen LogP contribution >= 0.6 is 0 Å². The molecule has 18 heavy (non-hydrogen) atoms. The van der Waals surface area contributed by atoms with Gasteiger partial charge in [0.2, 0.25) is 0 Å². The Bertz CT molecular complexity index is 250. The fourth-order valence-corrected chi connectivity index (χ4v) is 2.05. The Morgan fingerprint density at radius 2 is 1.44 bits per heavy atom. The van der Waals surface area contributed by atoms with Crippen molar-refractivity contribution in [3.63, 3.8) is 0 Å². The van der Waals surface area contributed by atoms with Crippen LogP contribution < -0.4 is 10.2 Å². The third-order valence-electron chi connectivity index (χ3n) is 3.39. The minimum atomic E-state index is -1.84. The molecule has 4 nitrogen and oxygen atoms in total. The van der Waals surface area contributed by atoms with E-state index in [4.69, 9.17) is 0 Å². The molecule has 0 aliphatic heterocycles. The first-order chi connectivity index (χ1) is 7.89. The van der Waals surface area contributed by atoms with Crippen LogP contribution in [0.25, 0.3) is 0 Å². The number of aliphatic carboxylic acids is 2. The summed E-state index contributed by atoms with van der Waals surface area (Å²) in [5, 5.41) is 22.2. The number of carbonyl (C=O) groups is 2. The van der Waals surface area contributed by atoms with Crippen LogP contribution in [0.5, 0.6) is 0 Å². The fourth-order valence-electron chi connectivity index (χ4n) is 2.05. The summed E-state index contributed by atoms with van der Waals surface area (Å²) in [6.07, 6.45) is 4.72. The van der Waals surface area contributed by atoms with E-state index in [1.54, 1.807) is 13.8 Å². The van der Waals surface area contributed by atoms with Crippen molar-refractivity contribution in [2.75, 3.05) is 0 Å². The van der Waals surface area contributed by atoms with Gasteiger partial charge < -0.3 is 19.8 Å². The summed E-state index contributed by atoms with van der Waals surface area (Å²) in [7, 11) is 0. The molecule has 0 spiro atoms. The molecule has 0 aromatic heterocycles. The van der Waals surface area contributed by atoms with Crippen molar-refractivity contribution in [1.29, 1.82) is 0 Å². The van der Waals surface area contributed by atoms with Crippen molar-refractivity contribution in [2.24, 2.45) is 11.3 Å². The molecule has 0 saturated heterocycles. The molecule has 0 aromatic carbocycles. The van der Waals surface area contributed by atoms with Crippen LogP contribution in [0.15, 0.2) is 0 Å². The monoisotopic (exact) mass is 282 g/mol. The molecule has 0 aliphatic rings. The van der Waals surface area contributed by atoms with E-state index in [0.717, 1.165) is 25.7 Å². The Morgan fingerprint density at radius 3 is 1.78 bits per heavy atom. The normalized spacial score (nSPS) is 11.1. The SMILES string of the molecule is CCCCCCCC(C(=O)[O-])(C(=O)[O-])C(C)C.[Ca+2]. The van der Waals surface area contributed by atoms with Gasteiger partial charge >= 0.3 is 37.7 Å². The number of unbranched alkanes of at least 4 members (excludes halogenated alkanes) is 4. The number of rotatable bonds is 9. The molecule has 0 saturated carbocycles. The van der Waals surface area contributed by atoms with E-state index in [-0.39, 0.29) is 44.2 Å². The Balaban J connectivity index is 0. The van der Waals surface area contributed by atoms with E-state index in [2.05, 4.69) is 6.92 Å². The van der Waals surface area contributed by atoms with Gasteiger partial charge in [-0.3, -0.25) is 0 Å². The molecule has 0 radical (unpaired) electrons. The van der Waals surface area contributed by atoms with Crippen molar-refractivity contribution >= 4 is 49.7 Å². The van der Waals surface area contributed by atoms with Gasteiger partial charge in [0.05, 0.1) is 17.4 Å². The summed E-state index contributed by atoms with van der Waals surface area (Å²) in [5.74, 6) is -3.57. The average molecular weight is 282 g/mol. The Morgan fingerprint density at radius 1 is 1.00 bits per heavy atom. The largest absolute Gasteiger partial charge is 2.00 e. The molecule has 0 atom stereocenters. The molecule has 0 aliphatic carbocycles. The number of carboxylic acids is 2. The van der Waals surface area contributed by atoms with Crippen molar-refractivity contribution in [2.45, 2.75) is 59.3 Å². The number of hydrogen-bond acceptors (Lipinski definition) is 4. The summed E-state index contributed by atoms with van der Waals surface area (Å²) >= 11 is 0. The molecule has 100 valence electrons. The molecule has 0 aromatic rings. The van der Waals surface area contributed by atoms with E-state index < -0.39 is 23.3 Å². The van der Waals surface area contributed by atoms with Gasteiger partial charge in [-0.2, -0.15) is 0 Å². The van der Waals surface area contributed by atoms with Gasteiger partial charge in [-0.15, -0.1) is 0 Å². The maximum Gasteiger partial charge on any atom is 2.00 e. The van der Waals surface area contributed by atoms with Gasteiger partial charge in [0.25, 0.3) is 0 Å². The quantitative estimate of drug-likeness (QED) is 0.341. The molecular formula is C13H22CaO4. The second-order valence-electron chi connectivity index (χ2n) is 4.87. The summed E-state index contributed by atoms with van der Waals surface area (Å²) in [4.78, 5) is 22.2. The van der Waals surface area contributed by atoms with E-state index in [1.807, 2.05) is 0 Å². The summed E-state index contributed by atoms with van der Waals surface area (Å²) in [5.41, 5.74) is -1.84. The molecule has 0 unspecified atom stereocenters. The smallest absolute Gasteiger partial charge is 0.549 e. The Labute approximate surface area is 139 Å². The predicted octanol–water partition coefficient (Wildman–Crippen LogP) is 0.108. The van der Waals surface area contributed by atoms with E-state index >= 15 is 0 Å². The third-order valence-corrected chi connectivity index (χ3v) is 3.39. The molecular weight excluding hydrogens is 260 g/mol. The third kappa shape index (κ3) is 5.45. The van der Waals surface area contributed by atoms with Crippen LogP contribution in [0.3, 0.4) is 0 Å². The summed E-state index contributed by atoms with van der Waals surface area (Å²) in [6.45, 7) is 5.25. The molecule has 0 rings (SSSR count). The van der Waals surface area contributed by atoms with Crippen molar-refractivity contribution in [1.82, 2.24) is 0 Å². The van der Waals surface area contributed by atoms with Gasteiger partial charge in [-0.05, 0) is 12.3 Å². The summed E-state index contributed by atoms with van der Waals surface area (Å²) in [6, 6.07) is 0. The van der Waals surface area contributed by atoms with Crippen molar-refractivity contribution in [3.8, 4) is 0 Å². The van der Waals surface area contributed by atoms with Crippen LogP contribution in [0.2, 0.25) is 0 Å². The molecule has 0 heterocycles. The standard InChI is InChI=1S/C13H24O4.Ca/c1-4-5-6-7-8-9-13(10(2)3,11(14)15)12(16)17;/h10H,4-9H2,1-3H3,(H,14,15)(H,16,17);/q;+2/p-2. The second-order valence-corrected chi connectivity index (χ2v) is 4.87. The first kappa shape index (κ1) is 20.5. The van der Waals surface area contributed by atoms with E-state index in [1.165, 1.54) is 0 Å². The predicted molar refractivity (Wildman–Crippen MR) is 66.4 cm³/mol. The maximum atomic E-state index is 11.1. The fraction of sp³-hybridized carbons (Fsp3) is 0.846.